The van der Waals surface area contributed by atoms with Gasteiger partial charge in [-0.2, -0.15) is 22.7 Å². The highest BCUT2D eigenvalue weighted by atomic mass is 79.9. The fourth-order valence-corrected chi connectivity index (χ4v) is 5.94. The van der Waals surface area contributed by atoms with E-state index in [1.54, 1.807) is 36.3 Å². The topological polar surface area (TPSA) is 111 Å². The highest BCUT2D eigenvalue weighted by Crippen LogP contribution is 2.43. The van der Waals surface area contributed by atoms with Crippen molar-refractivity contribution in [3.8, 4) is 0 Å². The van der Waals surface area contributed by atoms with Crippen molar-refractivity contribution in [2.45, 2.75) is 63.8 Å². The SMILES string of the molecule is CC(C)(C)OC(=O)N1CCC2(CC=Cc3c2c(=O)n2nc(Br)nc2n3CC(=O)Nc2ccc(C(F)(F)F)cc2Cl)CC1. The number of ether oxygens (including phenoxy) is 1. The molecule has 5 rings (SSSR count). The summed E-state index contributed by atoms with van der Waals surface area (Å²) in [6, 6.07) is 2.65. The van der Waals surface area contributed by atoms with E-state index in [0.29, 0.717) is 43.6 Å². The second-order valence-electron chi connectivity index (χ2n) is 11.3. The minimum Gasteiger partial charge on any atom is -0.444 e. The van der Waals surface area contributed by atoms with Crippen molar-refractivity contribution < 1.29 is 27.5 Å². The minimum atomic E-state index is -4.58. The lowest BCUT2D eigenvalue weighted by molar-refractivity contribution is -0.137. The Morgan fingerprint density at radius 2 is 1.88 bits per heavy atom. The molecule has 3 heterocycles. The maximum absolute atomic E-state index is 13.8. The van der Waals surface area contributed by atoms with Crippen LogP contribution in [0.5, 0.6) is 0 Å². The maximum Gasteiger partial charge on any atom is 0.416 e. The molecule has 1 aliphatic heterocycles. The Morgan fingerprint density at radius 1 is 1.19 bits per heavy atom. The molecule has 3 aromatic rings. The third-order valence-electron chi connectivity index (χ3n) is 7.32. The summed E-state index contributed by atoms with van der Waals surface area (Å²) in [6.07, 6.45) is 0.180. The number of rotatable bonds is 3. The number of benzene rings is 1. The molecule has 10 nitrogen and oxygen atoms in total. The summed E-state index contributed by atoms with van der Waals surface area (Å²) in [4.78, 5) is 45.6. The lowest BCUT2D eigenvalue weighted by atomic mass is 9.68. The van der Waals surface area contributed by atoms with Crippen LogP contribution in [0.15, 0.2) is 33.8 Å². The molecule has 2 aliphatic rings. The first-order valence-corrected chi connectivity index (χ1v) is 14.3. The summed E-state index contributed by atoms with van der Waals surface area (Å²) in [6.45, 7) is 5.79. The van der Waals surface area contributed by atoms with Crippen LogP contribution < -0.4 is 10.9 Å². The molecule has 15 heteroatoms. The predicted octanol–water partition coefficient (Wildman–Crippen LogP) is 5.65. The molecule has 0 atom stereocenters. The number of hydrogen-bond acceptors (Lipinski definition) is 6. The smallest absolute Gasteiger partial charge is 0.416 e. The van der Waals surface area contributed by atoms with Crippen molar-refractivity contribution in [3.63, 3.8) is 0 Å². The van der Waals surface area contributed by atoms with Gasteiger partial charge in [-0.15, -0.1) is 5.10 Å². The molecule has 0 unspecified atom stereocenters. The van der Waals surface area contributed by atoms with Gasteiger partial charge in [0.25, 0.3) is 5.56 Å². The second kappa shape index (κ2) is 10.7. The summed E-state index contributed by atoms with van der Waals surface area (Å²) < 4.78 is 47.5. The Hall–Kier alpha value is -3.39. The van der Waals surface area contributed by atoms with Crippen LogP contribution in [-0.4, -0.2) is 54.8 Å². The molecule has 1 spiro atoms. The second-order valence-corrected chi connectivity index (χ2v) is 12.5. The molecule has 0 saturated carbocycles. The molecule has 224 valence electrons. The first-order valence-electron chi connectivity index (χ1n) is 13.1. The van der Waals surface area contributed by atoms with E-state index in [-0.39, 0.29) is 33.3 Å². The number of amides is 2. The van der Waals surface area contributed by atoms with E-state index >= 15 is 0 Å². The van der Waals surface area contributed by atoms with Crippen molar-refractivity contribution in [3.05, 3.63) is 61.2 Å². The molecule has 0 radical (unpaired) electrons. The quantitative estimate of drug-likeness (QED) is 0.386. The number of halogens is 5. The zero-order valence-electron chi connectivity index (χ0n) is 22.9. The molecule has 0 bridgehead atoms. The first kappa shape index (κ1) is 30.1. The molecule has 1 N–H and O–H groups in total. The van der Waals surface area contributed by atoms with Crippen LogP contribution in [0.25, 0.3) is 11.9 Å². The predicted molar refractivity (Wildman–Crippen MR) is 152 cm³/mol. The van der Waals surface area contributed by atoms with E-state index in [2.05, 4.69) is 31.3 Å². The molecule has 2 aromatic heterocycles. The van der Waals surface area contributed by atoms with Gasteiger partial charge in [-0.25, -0.2) is 4.79 Å². The Bertz CT molecular complexity index is 1670. The Kier molecular flexibility index (Phi) is 7.67. The number of piperidine rings is 1. The van der Waals surface area contributed by atoms with Crippen LogP contribution >= 0.6 is 27.5 Å². The van der Waals surface area contributed by atoms with E-state index in [1.165, 1.54) is 0 Å². The van der Waals surface area contributed by atoms with E-state index < -0.39 is 34.8 Å². The van der Waals surface area contributed by atoms with Crippen LogP contribution in [0.1, 0.15) is 56.9 Å². The van der Waals surface area contributed by atoms with Crippen LogP contribution in [0.4, 0.5) is 23.7 Å². The highest BCUT2D eigenvalue weighted by molar-refractivity contribution is 9.10. The summed E-state index contributed by atoms with van der Waals surface area (Å²) in [5, 5.41) is 6.48. The Labute approximate surface area is 251 Å². The monoisotopic (exact) mass is 670 g/mol. The molecule has 1 fully saturated rings. The van der Waals surface area contributed by atoms with Crippen molar-refractivity contribution in [1.29, 1.82) is 0 Å². The van der Waals surface area contributed by atoms with Crippen molar-refractivity contribution in [1.82, 2.24) is 24.1 Å². The minimum absolute atomic E-state index is 0.00442. The number of aromatic nitrogens is 4. The van der Waals surface area contributed by atoms with Gasteiger partial charge in [0, 0.05) is 24.1 Å². The Morgan fingerprint density at radius 3 is 2.50 bits per heavy atom. The van der Waals surface area contributed by atoms with Crippen LogP contribution in [0.3, 0.4) is 0 Å². The molecule has 2 amide bonds. The number of alkyl halides is 3. The van der Waals surface area contributed by atoms with Gasteiger partial charge in [-0.3, -0.25) is 9.59 Å². The fourth-order valence-electron chi connectivity index (χ4n) is 5.40. The third kappa shape index (κ3) is 5.78. The van der Waals surface area contributed by atoms with Crippen LogP contribution in [0.2, 0.25) is 5.02 Å². The van der Waals surface area contributed by atoms with E-state index in [4.69, 9.17) is 16.3 Å². The number of anilines is 1. The standard InChI is InChI=1S/C27H27BrClF3N6O4/c1-25(2,3)42-24(41)36-11-9-26(10-12-36)8-4-5-18-20(26)21(40)38-23(34-22(28)35-38)37(18)14-19(39)33-17-7-6-15(13-16(17)29)27(30,31)32/h4-7,13H,8-12,14H2,1-3H3,(H,33,39). The van der Waals surface area contributed by atoms with Crippen molar-refractivity contribution in [2.24, 2.45) is 0 Å². The maximum atomic E-state index is 13.8. The Balaban J connectivity index is 1.48. The van der Waals surface area contributed by atoms with E-state index in [1.807, 2.05) is 6.08 Å². The molecule has 1 saturated heterocycles. The number of nitrogens with one attached hydrogen (secondary N) is 1. The van der Waals surface area contributed by atoms with Crippen molar-refractivity contribution >= 4 is 57.1 Å². The number of fused-ring (bicyclic) bond motifs is 3. The zero-order valence-corrected chi connectivity index (χ0v) is 25.2. The fraction of sp³-hybridized carbons (Fsp3) is 0.444. The lowest BCUT2D eigenvalue weighted by Crippen LogP contribution is -2.50. The molecular formula is C27H27BrClF3N6O4. The first-order chi connectivity index (χ1) is 19.6. The summed E-state index contributed by atoms with van der Waals surface area (Å²) in [5.41, 5.74) is -1.65. The number of carbonyl (C=O) groups excluding carboxylic acids is 2. The molecule has 1 aromatic carbocycles. The van der Waals surface area contributed by atoms with Gasteiger partial charge in [-0.05, 0) is 80.2 Å². The summed E-state index contributed by atoms with van der Waals surface area (Å²) in [7, 11) is 0. The number of likely N-dealkylation sites (tertiary alicyclic amines) is 1. The van der Waals surface area contributed by atoms with E-state index in [0.717, 1.165) is 22.7 Å². The van der Waals surface area contributed by atoms with Gasteiger partial charge in [0.2, 0.25) is 16.4 Å². The molecule has 1 aliphatic carbocycles. The number of allylic oxidation sites excluding steroid dienone is 1. The average Bonchev–Trinajstić information content (AvgIpc) is 3.28. The highest BCUT2D eigenvalue weighted by Gasteiger charge is 2.43. The van der Waals surface area contributed by atoms with Gasteiger partial charge in [0.05, 0.1) is 22.0 Å². The number of hydrogen-bond donors (Lipinski definition) is 1. The van der Waals surface area contributed by atoms with Crippen LogP contribution in [0, 0.1) is 0 Å². The summed E-state index contributed by atoms with van der Waals surface area (Å²) in [5.74, 6) is -0.497. The van der Waals surface area contributed by atoms with Gasteiger partial charge in [0.1, 0.15) is 12.1 Å². The largest absolute Gasteiger partial charge is 0.444 e. The normalized spacial score (nSPS) is 16.5. The third-order valence-corrected chi connectivity index (χ3v) is 7.97. The van der Waals surface area contributed by atoms with Crippen LogP contribution in [-0.2, 0) is 27.7 Å². The molecular weight excluding hydrogens is 645 g/mol. The number of carbonyl (C=O) groups is 2. The van der Waals surface area contributed by atoms with E-state index in [9.17, 15) is 27.6 Å². The van der Waals surface area contributed by atoms with Gasteiger partial charge >= 0.3 is 12.3 Å². The van der Waals surface area contributed by atoms with Gasteiger partial charge in [0.15, 0.2) is 0 Å². The summed E-state index contributed by atoms with van der Waals surface area (Å²) >= 11 is 9.25. The van der Waals surface area contributed by atoms with Gasteiger partial charge in [-0.1, -0.05) is 17.7 Å². The molecule has 42 heavy (non-hydrogen) atoms. The van der Waals surface area contributed by atoms with Crippen molar-refractivity contribution in [2.75, 3.05) is 18.4 Å². The van der Waals surface area contributed by atoms with Gasteiger partial charge < -0.3 is 19.5 Å². The average molecular weight is 672 g/mol. The lowest BCUT2D eigenvalue weighted by Gasteiger charge is -2.43. The number of nitrogens with zero attached hydrogens (tertiary/aromatic N) is 5. The zero-order chi connectivity index (χ0) is 30.6.